The molecule has 0 radical (unpaired) electrons. The molecule has 1 unspecified atom stereocenters. The van der Waals surface area contributed by atoms with E-state index in [1.165, 1.54) is 10.1 Å². The van der Waals surface area contributed by atoms with Crippen LogP contribution in [-0.4, -0.2) is 14.2 Å². The number of nitrogens with two attached hydrogens (primary N) is 1. The molecule has 1 heterocycles. The Hall–Kier alpha value is -2.04. The number of hydrogen-bond acceptors (Lipinski definition) is 4. The molecule has 3 nitrogen and oxygen atoms in total. The van der Waals surface area contributed by atoms with Crippen LogP contribution >= 0.6 is 11.3 Å². The van der Waals surface area contributed by atoms with Crippen molar-refractivity contribution in [3.05, 3.63) is 59.0 Å². The fraction of sp³-hybridized carbons (Fsp3) is 0.176. The first kappa shape index (κ1) is 13.9. The van der Waals surface area contributed by atoms with Gasteiger partial charge in [0, 0.05) is 10.8 Å². The quantitative estimate of drug-likeness (QED) is 0.793. The van der Waals surface area contributed by atoms with Crippen molar-refractivity contribution in [2.24, 2.45) is 5.73 Å². The first-order valence-electron chi connectivity index (χ1n) is 6.67. The van der Waals surface area contributed by atoms with Crippen LogP contribution in [0.2, 0.25) is 0 Å². The zero-order valence-corrected chi connectivity index (χ0v) is 12.8. The second-order valence-electron chi connectivity index (χ2n) is 4.81. The van der Waals surface area contributed by atoms with Crippen LogP contribution in [0.25, 0.3) is 10.1 Å². The highest BCUT2D eigenvalue weighted by atomic mass is 32.1. The number of hydrogen-bond donors (Lipinski definition) is 1. The number of fused-ring (bicyclic) bond motifs is 1. The Morgan fingerprint density at radius 1 is 1.00 bits per heavy atom. The van der Waals surface area contributed by atoms with Gasteiger partial charge in [-0.2, -0.15) is 0 Å². The second kappa shape index (κ2) is 5.76. The van der Waals surface area contributed by atoms with Gasteiger partial charge in [0.15, 0.2) is 0 Å². The number of thiophene rings is 1. The third-order valence-electron chi connectivity index (χ3n) is 3.58. The van der Waals surface area contributed by atoms with Crippen LogP contribution in [0.1, 0.15) is 17.2 Å². The Balaban J connectivity index is 2.07. The summed E-state index contributed by atoms with van der Waals surface area (Å²) in [5.41, 5.74) is 8.58. The topological polar surface area (TPSA) is 44.5 Å². The molecule has 0 fully saturated rings. The minimum atomic E-state index is -0.204. The van der Waals surface area contributed by atoms with Gasteiger partial charge in [0.05, 0.1) is 20.3 Å². The Morgan fingerprint density at radius 2 is 1.67 bits per heavy atom. The number of benzene rings is 2. The summed E-state index contributed by atoms with van der Waals surface area (Å²) in [5, 5.41) is 3.33. The van der Waals surface area contributed by atoms with Crippen molar-refractivity contribution in [1.82, 2.24) is 0 Å². The first-order valence-corrected chi connectivity index (χ1v) is 7.55. The summed E-state index contributed by atoms with van der Waals surface area (Å²) in [5.74, 6) is 1.50. The van der Waals surface area contributed by atoms with E-state index in [0.29, 0.717) is 0 Å². The van der Waals surface area contributed by atoms with Crippen LogP contribution in [0.5, 0.6) is 11.5 Å². The monoisotopic (exact) mass is 299 g/mol. The molecule has 0 spiro atoms. The third-order valence-corrected chi connectivity index (χ3v) is 4.56. The van der Waals surface area contributed by atoms with Gasteiger partial charge in [-0.05, 0) is 40.1 Å². The van der Waals surface area contributed by atoms with Crippen molar-refractivity contribution in [1.29, 1.82) is 0 Å². The van der Waals surface area contributed by atoms with E-state index >= 15 is 0 Å². The molecule has 4 heteroatoms. The summed E-state index contributed by atoms with van der Waals surface area (Å²) < 4.78 is 11.9. The van der Waals surface area contributed by atoms with E-state index in [1.54, 1.807) is 25.6 Å². The molecule has 3 aromatic rings. The standard InChI is InChI=1S/C17H17NO2S/c1-19-12-7-11(8-13(9-12)20-2)17(18)15-10-21-16-6-4-3-5-14(15)16/h3-10,17H,18H2,1-2H3. The lowest BCUT2D eigenvalue weighted by Gasteiger charge is -2.14. The molecule has 0 saturated carbocycles. The summed E-state index contributed by atoms with van der Waals surface area (Å²) >= 11 is 1.71. The minimum Gasteiger partial charge on any atom is -0.497 e. The molecule has 108 valence electrons. The largest absolute Gasteiger partial charge is 0.497 e. The molecular weight excluding hydrogens is 282 g/mol. The van der Waals surface area contributed by atoms with Crippen LogP contribution in [-0.2, 0) is 0 Å². The van der Waals surface area contributed by atoms with Gasteiger partial charge in [0.25, 0.3) is 0 Å². The predicted octanol–water partition coefficient (Wildman–Crippen LogP) is 3.97. The number of ether oxygens (including phenoxy) is 2. The zero-order valence-electron chi connectivity index (χ0n) is 12.0. The highest BCUT2D eigenvalue weighted by Gasteiger charge is 2.15. The van der Waals surface area contributed by atoms with E-state index in [2.05, 4.69) is 17.5 Å². The smallest absolute Gasteiger partial charge is 0.122 e. The number of methoxy groups -OCH3 is 2. The van der Waals surface area contributed by atoms with Gasteiger partial charge in [-0.3, -0.25) is 0 Å². The van der Waals surface area contributed by atoms with E-state index in [1.807, 2.05) is 30.3 Å². The molecule has 1 aromatic heterocycles. The first-order chi connectivity index (χ1) is 10.2. The molecule has 0 aliphatic heterocycles. The molecule has 0 aliphatic carbocycles. The van der Waals surface area contributed by atoms with Crippen LogP contribution < -0.4 is 15.2 Å². The molecule has 2 aromatic carbocycles. The maximum atomic E-state index is 6.47. The van der Waals surface area contributed by atoms with Crippen molar-refractivity contribution in [2.75, 3.05) is 14.2 Å². The van der Waals surface area contributed by atoms with Crippen LogP contribution in [0.15, 0.2) is 47.8 Å². The highest BCUT2D eigenvalue weighted by molar-refractivity contribution is 7.17. The normalized spacial score (nSPS) is 12.3. The minimum absolute atomic E-state index is 0.204. The maximum Gasteiger partial charge on any atom is 0.122 e. The number of rotatable bonds is 4. The SMILES string of the molecule is COc1cc(OC)cc(C(N)c2csc3ccccc23)c1. The Bertz CT molecular complexity index is 744. The Labute approximate surface area is 127 Å². The summed E-state index contributed by atoms with van der Waals surface area (Å²) in [6, 6.07) is 13.9. The Kier molecular flexibility index (Phi) is 3.82. The van der Waals surface area contributed by atoms with Gasteiger partial charge in [0.2, 0.25) is 0 Å². The molecular formula is C17H17NO2S. The van der Waals surface area contributed by atoms with Crippen LogP contribution in [0.3, 0.4) is 0 Å². The van der Waals surface area contributed by atoms with E-state index in [4.69, 9.17) is 15.2 Å². The fourth-order valence-electron chi connectivity index (χ4n) is 2.43. The highest BCUT2D eigenvalue weighted by Crippen LogP contribution is 2.34. The van der Waals surface area contributed by atoms with Crippen molar-refractivity contribution in [3.63, 3.8) is 0 Å². The van der Waals surface area contributed by atoms with Gasteiger partial charge < -0.3 is 15.2 Å². The van der Waals surface area contributed by atoms with Gasteiger partial charge in [-0.15, -0.1) is 11.3 Å². The summed E-state index contributed by atoms with van der Waals surface area (Å²) in [7, 11) is 3.29. The van der Waals surface area contributed by atoms with Crippen molar-refractivity contribution in [3.8, 4) is 11.5 Å². The molecule has 0 bridgehead atoms. The van der Waals surface area contributed by atoms with Gasteiger partial charge in [-0.25, -0.2) is 0 Å². The lowest BCUT2D eigenvalue weighted by molar-refractivity contribution is 0.393. The Morgan fingerprint density at radius 3 is 2.33 bits per heavy atom. The third kappa shape index (κ3) is 2.60. The van der Waals surface area contributed by atoms with Crippen molar-refractivity contribution < 1.29 is 9.47 Å². The fourth-order valence-corrected chi connectivity index (χ4v) is 3.43. The molecule has 0 aliphatic rings. The predicted molar refractivity (Wildman–Crippen MR) is 87.4 cm³/mol. The van der Waals surface area contributed by atoms with Crippen molar-refractivity contribution >= 4 is 21.4 Å². The van der Waals surface area contributed by atoms with Crippen molar-refractivity contribution in [2.45, 2.75) is 6.04 Å². The molecule has 0 saturated heterocycles. The maximum absolute atomic E-state index is 6.47. The van der Waals surface area contributed by atoms with E-state index in [0.717, 1.165) is 22.6 Å². The molecule has 21 heavy (non-hydrogen) atoms. The second-order valence-corrected chi connectivity index (χ2v) is 5.72. The molecule has 3 rings (SSSR count). The van der Waals surface area contributed by atoms with Crippen LogP contribution in [0.4, 0.5) is 0 Å². The molecule has 0 amide bonds. The van der Waals surface area contributed by atoms with Crippen LogP contribution in [0, 0.1) is 0 Å². The molecule has 1 atom stereocenters. The van der Waals surface area contributed by atoms with E-state index < -0.39 is 0 Å². The van der Waals surface area contributed by atoms with Gasteiger partial charge >= 0.3 is 0 Å². The summed E-state index contributed by atoms with van der Waals surface area (Å²) in [4.78, 5) is 0. The van der Waals surface area contributed by atoms with Gasteiger partial charge in [-0.1, -0.05) is 18.2 Å². The molecule has 2 N–H and O–H groups in total. The summed E-state index contributed by atoms with van der Waals surface area (Å²) in [6.07, 6.45) is 0. The lowest BCUT2D eigenvalue weighted by atomic mass is 9.98. The zero-order chi connectivity index (χ0) is 14.8. The van der Waals surface area contributed by atoms with Gasteiger partial charge in [0.1, 0.15) is 11.5 Å². The summed E-state index contributed by atoms with van der Waals surface area (Å²) in [6.45, 7) is 0. The lowest BCUT2D eigenvalue weighted by Crippen LogP contribution is -2.11. The average Bonchev–Trinajstić information content (AvgIpc) is 2.97. The van der Waals surface area contributed by atoms with E-state index in [9.17, 15) is 0 Å². The average molecular weight is 299 g/mol. The van der Waals surface area contributed by atoms with E-state index in [-0.39, 0.29) is 6.04 Å².